The van der Waals surface area contributed by atoms with Crippen LogP contribution in [-0.4, -0.2) is 10.5 Å². The minimum Gasteiger partial charge on any atom is -0.304 e. The van der Waals surface area contributed by atoms with Crippen LogP contribution in [-0.2, 0) is 0 Å². The van der Waals surface area contributed by atoms with E-state index in [0.717, 1.165) is 5.01 Å². The highest BCUT2D eigenvalue weighted by Gasteiger charge is 2.20. The van der Waals surface area contributed by atoms with E-state index in [1.807, 2.05) is 6.20 Å². The fourth-order valence-corrected chi connectivity index (χ4v) is 2.72. The summed E-state index contributed by atoms with van der Waals surface area (Å²) in [6.07, 6.45) is 4.41. The van der Waals surface area contributed by atoms with Gasteiger partial charge >= 0.3 is 0 Å². The van der Waals surface area contributed by atoms with E-state index in [0.29, 0.717) is 6.04 Å². The van der Waals surface area contributed by atoms with E-state index in [1.54, 1.807) is 11.3 Å². The number of nitrogens with one attached hydrogen (secondary N) is 1. The van der Waals surface area contributed by atoms with Crippen molar-refractivity contribution in [3.05, 3.63) is 16.1 Å². The molecule has 2 nitrogen and oxygen atoms in total. The summed E-state index contributed by atoms with van der Waals surface area (Å²) in [5.41, 5.74) is 0.214. The van der Waals surface area contributed by atoms with Crippen molar-refractivity contribution >= 4 is 11.3 Å². The van der Waals surface area contributed by atoms with E-state index in [-0.39, 0.29) is 5.54 Å². The van der Waals surface area contributed by atoms with Gasteiger partial charge in [-0.2, -0.15) is 0 Å². The van der Waals surface area contributed by atoms with E-state index >= 15 is 0 Å². The highest BCUT2D eigenvalue weighted by atomic mass is 32.1. The average Bonchev–Trinajstić information content (AvgIpc) is 2.50. The first kappa shape index (κ1) is 12.7. The Balaban J connectivity index is 2.59. The number of nitrogens with zero attached hydrogens (tertiary/aromatic N) is 1. The highest BCUT2D eigenvalue weighted by Crippen LogP contribution is 2.23. The molecule has 1 aromatic heterocycles. The number of hydrogen-bond donors (Lipinski definition) is 1. The SMILES string of the molecule is CCCC(C)(C)NC(C)c1cnc(C)s1. The van der Waals surface area contributed by atoms with Crippen molar-refractivity contribution in [2.24, 2.45) is 0 Å². The first-order chi connectivity index (χ1) is 6.94. The summed E-state index contributed by atoms with van der Waals surface area (Å²) in [4.78, 5) is 5.62. The maximum absolute atomic E-state index is 4.29. The standard InChI is InChI=1S/C12H22N2S/c1-6-7-12(4,5)14-9(2)11-8-13-10(3)15-11/h8-9,14H,6-7H2,1-5H3. The Morgan fingerprint density at radius 2 is 2.20 bits per heavy atom. The fraction of sp³-hybridized carbons (Fsp3) is 0.750. The molecule has 3 heteroatoms. The molecule has 0 aliphatic rings. The van der Waals surface area contributed by atoms with E-state index < -0.39 is 0 Å². The number of hydrogen-bond acceptors (Lipinski definition) is 3. The maximum atomic E-state index is 4.29. The number of aromatic nitrogens is 1. The molecular weight excluding hydrogens is 204 g/mol. The normalized spacial score (nSPS) is 14.2. The average molecular weight is 226 g/mol. The van der Waals surface area contributed by atoms with Gasteiger partial charge in [0.25, 0.3) is 0 Å². The number of rotatable bonds is 5. The summed E-state index contributed by atoms with van der Waals surface area (Å²) >= 11 is 1.78. The Kier molecular flexibility index (Phi) is 4.29. The van der Waals surface area contributed by atoms with Crippen LogP contribution in [0.1, 0.15) is 56.5 Å². The van der Waals surface area contributed by atoms with Crippen LogP contribution in [0.5, 0.6) is 0 Å². The van der Waals surface area contributed by atoms with Gasteiger partial charge in [-0.1, -0.05) is 13.3 Å². The third kappa shape index (κ3) is 3.92. The zero-order chi connectivity index (χ0) is 11.5. The molecule has 1 heterocycles. The second-order valence-electron chi connectivity index (χ2n) is 4.78. The summed E-state index contributed by atoms with van der Waals surface area (Å²) in [7, 11) is 0. The van der Waals surface area contributed by atoms with Crippen LogP contribution >= 0.6 is 11.3 Å². The number of aryl methyl sites for hydroxylation is 1. The Labute approximate surface area is 97.1 Å². The van der Waals surface area contributed by atoms with Crippen LogP contribution in [0.3, 0.4) is 0 Å². The summed E-state index contributed by atoms with van der Waals surface area (Å²) in [5.74, 6) is 0. The lowest BCUT2D eigenvalue weighted by atomic mass is 9.97. The van der Waals surface area contributed by atoms with Crippen LogP contribution in [0, 0.1) is 6.92 Å². The van der Waals surface area contributed by atoms with E-state index in [2.05, 4.69) is 44.9 Å². The lowest BCUT2D eigenvalue weighted by Gasteiger charge is -2.29. The minimum atomic E-state index is 0.214. The second-order valence-corrected chi connectivity index (χ2v) is 6.05. The van der Waals surface area contributed by atoms with Crippen molar-refractivity contribution in [3.63, 3.8) is 0 Å². The van der Waals surface area contributed by atoms with Gasteiger partial charge in [0.05, 0.1) is 5.01 Å². The molecule has 0 spiro atoms. The summed E-state index contributed by atoms with van der Waals surface area (Å²) in [6.45, 7) is 11.0. The summed E-state index contributed by atoms with van der Waals surface area (Å²) in [6, 6.07) is 0.401. The fourth-order valence-electron chi connectivity index (χ4n) is 1.93. The van der Waals surface area contributed by atoms with E-state index in [1.165, 1.54) is 17.7 Å². The van der Waals surface area contributed by atoms with Gasteiger partial charge in [-0.3, -0.25) is 0 Å². The Bertz CT molecular complexity index is 304. The van der Waals surface area contributed by atoms with Crippen molar-refractivity contribution < 1.29 is 0 Å². The topological polar surface area (TPSA) is 24.9 Å². The van der Waals surface area contributed by atoms with E-state index in [9.17, 15) is 0 Å². The quantitative estimate of drug-likeness (QED) is 0.828. The third-order valence-electron chi connectivity index (χ3n) is 2.55. The van der Waals surface area contributed by atoms with Gasteiger partial charge in [0, 0.05) is 22.7 Å². The molecule has 1 aromatic rings. The molecule has 0 saturated heterocycles. The van der Waals surface area contributed by atoms with Gasteiger partial charge in [0.2, 0.25) is 0 Å². The minimum absolute atomic E-state index is 0.214. The maximum Gasteiger partial charge on any atom is 0.0897 e. The van der Waals surface area contributed by atoms with Crippen LogP contribution in [0.2, 0.25) is 0 Å². The van der Waals surface area contributed by atoms with Gasteiger partial charge < -0.3 is 5.32 Å². The Morgan fingerprint density at radius 3 is 2.67 bits per heavy atom. The molecule has 1 N–H and O–H groups in total. The monoisotopic (exact) mass is 226 g/mol. The third-order valence-corrected chi connectivity index (χ3v) is 3.64. The van der Waals surface area contributed by atoms with Gasteiger partial charge in [0.15, 0.2) is 0 Å². The molecule has 86 valence electrons. The Hall–Kier alpha value is -0.410. The van der Waals surface area contributed by atoms with Gasteiger partial charge in [-0.05, 0) is 34.1 Å². The first-order valence-electron chi connectivity index (χ1n) is 5.64. The van der Waals surface area contributed by atoms with Crippen molar-refractivity contribution in [1.82, 2.24) is 10.3 Å². The largest absolute Gasteiger partial charge is 0.304 e. The van der Waals surface area contributed by atoms with Crippen LogP contribution in [0.4, 0.5) is 0 Å². The molecule has 0 fully saturated rings. The molecule has 0 aliphatic heterocycles. The first-order valence-corrected chi connectivity index (χ1v) is 6.46. The molecule has 1 atom stereocenters. The molecule has 0 aromatic carbocycles. The predicted octanol–water partition coefficient (Wildman–Crippen LogP) is 3.68. The summed E-state index contributed by atoms with van der Waals surface area (Å²) < 4.78 is 0. The lowest BCUT2D eigenvalue weighted by Crippen LogP contribution is -2.40. The molecule has 0 amide bonds. The predicted molar refractivity (Wildman–Crippen MR) is 67.4 cm³/mol. The molecule has 0 bridgehead atoms. The van der Waals surface area contributed by atoms with Crippen molar-refractivity contribution in [1.29, 1.82) is 0 Å². The second kappa shape index (κ2) is 5.08. The van der Waals surface area contributed by atoms with Gasteiger partial charge in [-0.25, -0.2) is 4.98 Å². The number of thiazole rings is 1. The van der Waals surface area contributed by atoms with Crippen LogP contribution in [0.25, 0.3) is 0 Å². The van der Waals surface area contributed by atoms with Crippen molar-refractivity contribution in [2.75, 3.05) is 0 Å². The molecule has 1 rings (SSSR count). The Morgan fingerprint density at radius 1 is 1.53 bits per heavy atom. The molecule has 0 radical (unpaired) electrons. The molecule has 15 heavy (non-hydrogen) atoms. The van der Waals surface area contributed by atoms with Gasteiger partial charge in [-0.15, -0.1) is 11.3 Å². The lowest BCUT2D eigenvalue weighted by molar-refractivity contribution is 0.325. The zero-order valence-electron chi connectivity index (χ0n) is 10.4. The van der Waals surface area contributed by atoms with Gasteiger partial charge in [0.1, 0.15) is 0 Å². The van der Waals surface area contributed by atoms with Crippen molar-refractivity contribution in [3.8, 4) is 0 Å². The van der Waals surface area contributed by atoms with Crippen LogP contribution in [0.15, 0.2) is 6.20 Å². The van der Waals surface area contributed by atoms with E-state index in [4.69, 9.17) is 0 Å². The molecule has 0 saturated carbocycles. The molecule has 0 aliphatic carbocycles. The van der Waals surface area contributed by atoms with Crippen LogP contribution < -0.4 is 5.32 Å². The summed E-state index contributed by atoms with van der Waals surface area (Å²) in [5, 5.41) is 4.80. The smallest absolute Gasteiger partial charge is 0.0897 e. The van der Waals surface area contributed by atoms with Crippen molar-refractivity contribution in [2.45, 2.75) is 59.0 Å². The zero-order valence-corrected chi connectivity index (χ0v) is 11.2. The molecular formula is C12H22N2S. The molecule has 1 unspecified atom stereocenters. The highest BCUT2D eigenvalue weighted by molar-refractivity contribution is 7.11.